The second-order valence-corrected chi connectivity index (χ2v) is 6.46. The Kier molecular flexibility index (Phi) is 4.09. The molecule has 6 heteroatoms. The Morgan fingerprint density at radius 2 is 1.96 bits per heavy atom. The van der Waals surface area contributed by atoms with Crippen molar-refractivity contribution in [1.82, 2.24) is 9.38 Å². The van der Waals surface area contributed by atoms with Gasteiger partial charge in [-0.1, -0.05) is 36.4 Å². The molecular weight excluding hydrogens is 316 g/mol. The summed E-state index contributed by atoms with van der Waals surface area (Å²) in [6.07, 6.45) is 5.76. The minimum atomic E-state index is -0.318. The Morgan fingerprint density at radius 3 is 2.76 bits per heavy atom. The van der Waals surface area contributed by atoms with Crippen LogP contribution in [0.15, 0.2) is 54.7 Å². The molecule has 128 valence electrons. The molecule has 1 aliphatic heterocycles. The van der Waals surface area contributed by atoms with Gasteiger partial charge in [-0.3, -0.25) is 0 Å². The molecule has 0 N–H and O–H groups in total. The highest BCUT2D eigenvalue weighted by Gasteiger charge is 2.33. The number of nitro groups is 1. The molecule has 3 aromatic rings. The standard InChI is InChI=1S/C19H20N4O2/c24-23(25)19-18(20-17-10-4-5-13-22(17)19)21-14-6-9-16(21)12-11-15-7-2-1-3-8-15/h1-5,7-8,10,13,16H,6,9,11-12,14H2/t16-/m1/s1. The molecule has 0 amide bonds. The van der Waals surface area contributed by atoms with E-state index < -0.39 is 0 Å². The number of aryl methyl sites for hydroxylation is 1. The molecule has 0 aliphatic carbocycles. The largest absolute Gasteiger partial charge is 0.372 e. The number of rotatable bonds is 5. The van der Waals surface area contributed by atoms with Crippen molar-refractivity contribution >= 4 is 17.3 Å². The van der Waals surface area contributed by atoms with Crippen LogP contribution in [0.25, 0.3) is 5.65 Å². The fourth-order valence-corrected chi connectivity index (χ4v) is 3.73. The minimum absolute atomic E-state index is 0.0715. The zero-order chi connectivity index (χ0) is 17.2. The van der Waals surface area contributed by atoms with Crippen LogP contribution in [-0.2, 0) is 6.42 Å². The third-order valence-corrected chi connectivity index (χ3v) is 4.92. The van der Waals surface area contributed by atoms with Crippen LogP contribution in [0.5, 0.6) is 0 Å². The summed E-state index contributed by atoms with van der Waals surface area (Å²) in [7, 11) is 0. The SMILES string of the molecule is O=[N+]([O-])c1c(N2CCC[C@@H]2CCc2ccccc2)nc2ccccn12. The van der Waals surface area contributed by atoms with E-state index in [1.54, 1.807) is 16.7 Å². The summed E-state index contributed by atoms with van der Waals surface area (Å²) >= 11 is 0. The van der Waals surface area contributed by atoms with Crippen LogP contribution in [0.4, 0.5) is 11.6 Å². The van der Waals surface area contributed by atoms with Gasteiger partial charge in [0.05, 0.1) is 6.20 Å². The molecule has 0 unspecified atom stereocenters. The maximum Gasteiger partial charge on any atom is 0.372 e. The van der Waals surface area contributed by atoms with Crippen LogP contribution in [0, 0.1) is 10.1 Å². The number of nitrogens with zero attached hydrogens (tertiary/aromatic N) is 4. The molecule has 6 nitrogen and oxygen atoms in total. The first kappa shape index (κ1) is 15.6. The molecule has 0 saturated carbocycles. The van der Waals surface area contributed by atoms with Crippen molar-refractivity contribution in [3.05, 3.63) is 70.4 Å². The van der Waals surface area contributed by atoms with Crippen LogP contribution < -0.4 is 4.90 Å². The predicted octanol–water partition coefficient (Wildman–Crippen LogP) is 3.84. The fourth-order valence-electron chi connectivity index (χ4n) is 3.73. The highest BCUT2D eigenvalue weighted by molar-refractivity contribution is 5.64. The van der Waals surface area contributed by atoms with Gasteiger partial charge in [-0.15, -0.1) is 0 Å². The number of aromatic nitrogens is 2. The lowest BCUT2D eigenvalue weighted by Crippen LogP contribution is -2.30. The maximum atomic E-state index is 11.7. The van der Waals surface area contributed by atoms with Gasteiger partial charge >= 0.3 is 5.82 Å². The van der Waals surface area contributed by atoms with E-state index in [1.807, 2.05) is 18.2 Å². The number of hydrogen-bond donors (Lipinski definition) is 0. The Balaban J connectivity index is 1.63. The van der Waals surface area contributed by atoms with Crippen molar-refractivity contribution in [1.29, 1.82) is 0 Å². The van der Waals surface area contributed by atoms with E-state index in [4.69, 9.17) is 0 Å². The van der Waals surface area contributed by atoms with Crippen molar-refractivity contribution in [3.8, 4) is 0 Å². The van der Waals surface area contributed by atoms with Crippen LogP contribution in [0.3, 0.4) is 0 Å². The van der Waals surface area contributed by atoms with Crippen molar-refractivity contribution in [2.45, 2.75) is 31.7 Å². The zero-order valence-electron chi connectivity index (χ0n) is 13.9. The molecule has 1 aliphatic rings. The molecule has 0 radical (unpaired) electrons. The lowest BCUT2D eigenvalue weighted by molar-refractivity contribution is -0.389. The Morgan fingerprint density at radius 1 is 1.16 bits per heavy atom. The average molecular weight is 336 g/mol. The van der Waals surface area contributed by atoms with Gasteiger partial charge in [-0.2, -0.15) is 9.38 Å². The number of imidazole rings is 1. The van der Waals surface area contributed by atoms with Gasteiger partial charge < -0.3 is 15.0 Å². The van der Waals surface area contributed by atoms with E-state index in [9.17, 15) is 10.1 Å². The van der Waals surface area contributed by atoms with Crippen LogP contribution in [-0.4, -0.2) is 26.9 Å². The van der Waals surface area contributed by atoms with E-state index in [-0.39, 0.29) is 10.7 Å². The van der Waals surface area contributed by atoms with Crippen molar-refractivity contribution in [2.75, 3.05) is 11.4 Å². The number of fused-ring (bicyclic) bond motifs is 1. The molecule has 1 aromatic carbocycles. The predicted molar refractivity (Wildman–Crippen MR) is 97.0 cm³/mol. The summed E-state index contributed by atoms with van der Waals surface area (Å²) in [4.78, 5) is 18.0. The third kappa shape index (κ3) is 2.95. The summed E-state index contributed by atoms with van der Waals surface area (Å²) in [6.45, 7) is 0.824. The van der Waals surface area contributed by atoms with Crippen LogP contribution >= 0.6 is 0 Å². The lowest BCUT2D eigenvalue weighted by atomic mass is 10.0. The summed E-state index contributed by atoms with van der Waals surface area (Å²) in [5, 5.41) is 11.7. The lowest BCUT2D eigenvalue weighted by Gasteiger charge is -2.24. The highest BCUT2D eigenvalue weighted by Crippen LogP contribution is 2.35. The van der Waals surface area contributed by atoms with Crippen molar-refractivity contribution in [2.24, 2.45) is 0 Å². The van der Waals surface area contributed by atoms with E-state index in [2.05, 4.69) is 34.1 Å². The molecule has 0 bridgehead atoms. The fraction of sp³-hybridized carbons (Fsp3) is 0.316. The van der Waals surface area contributed by atoms with Crippen LogP contribution in [0.2, 0.25) is 0 Å². The molecule has 1 fully saturated rings. The van der Waals surface area contributed by atoms with E-state index in [1.165, 1.54) is 5.56 Å². The first-order valence-electron chi connectivity index (χ1n) is 8.66. The first-order valence-corrected chi connectivity index (χ1v) is 8.66. The highest BCUT2D eigenvalue weighted by atomic mass is 16.6. The molecular formula is C19H20N4O2. The van der Waals surface area contributed by atoms with Gasteiger partial charge in [0, 0.05) is 18.7 Å². The number of pyridine rings is 1. The van der Waals surface area contributed by atoms with E-state index in [0.29, 0.717) is 17.5 Å². The minimum Gasteiger partial charge on any atom is -0.358 e. The molecule has 4 rings (SSSR count). The Labute approximate surface area is 145 Å². The summed E-state index contributed by atoms with van der Waals surface area (Å²) in [6, 6.07) is 16.1. The zero-order valence-corrected chi connectivity index (χ0v) is 13.9. The molecule has 25 heavy (non-hydrogen) atoms. The van der Waals surface area contributed by atoms with E-state index in [0.717, 1.165) is 32.2 Å². The summed E-state index contributed by atoms with van der Waals surface area (Å²) in [5.41, 5.74) is 1.93. The smallest absolute Gasteiger partial charge is 0.358 e. The number of hydrogen-bond acceptors (Lipinski definition) is 4. The molecule has 1 atom stereocenters. The van der Waals surface area contributed by atoms with Gasteiger partial charge in [0.1, 0.15) is 0 Å². The third-order valence-electron chi connectivity index (χ3n) is 4.92. The van der Waals surface area contributed by atoms with Crippen LogP contribution in [0.1, 0.15) is 24.8 Å². The maximum absolute atomic E-state index is 11.7. The summed E-state index contributed by atoms with van der Waals surface area (Å²) < 4.78 is 1.57. The normalized spacial score (nSPS) is 17.3. The molecule has 3 heterocycles. The van der Waals surface area contributed by atoms with Gasteiger partial charge in [-0.05, 0) is 42.2 Å². The van der Waals surface area contributed by atoms with Gasteiger partial charge in [-0.25, -0.2) is 0 Å². The van der Waals surface area contributed by atoms with Crippen molar-refractivity contribution < 1.29 is 4.92 Å². The van der Waals surface area contributed by atoms with Gasteiger partial charge in [0.25, 0.3) is 0 Å². The monoisotopic (exact) mass is 336 g/mol. The molecule has 0 spiro atoms. The Hall–Kier alpha value is -2.89. The van der Waals surface area contributed by atoms with Gasteiger partial charge in [0.15, 0.2) is 0 Å². The topological polar surface area (TPSA) is 63.7 Å². The second-order valence-electron chi connectivity index (χ2n) is 6.46. The first-order chi connectivity index (χ1) is 12.2. The quantitative estimate of drug-likeness (QED) is 0.524. The second kappa shape index (κ2) is 6.55. The number of anilines is 1. The van der Waals surface area contributed by atoms with E-state index >= 15 is 0 Å². The Bertz CT molecular complexity index is 891. The average Bonchev–Trinajstić information content (AvgIpc) is 3.24. The van der Waals surface area contributed by atoms with Crippen molar-refractivity contribution in [3.63, 3.8) is 0 Å². The van der Waals surface area contributed by atoms with Gasteiger partial charge in [0.2, 0.25) is 11.5 Å². The summed E-state index contributed by atoms with van der Waals surface area (Å²) in [5.74, 6) is 0.578. The molecule has 1 saturated heterocycles. The molecule has 2 aromatic heterocycles. The number of benzene rings is 1.